The summed E-state index contributed by atoms with van der Waals surface area (Å²) in [5.41, 5.74) is 0.179. The number of carbonyl (C=O) groups is 2. The quantitative estimate of drug-likeness (QED) is 0.580. The van der Waals surface area contributed by atoms with E-state index in [9.17, 15) is 9.59 Å². The van der Waals surface area contributed by atoms with Gasteiger partial charge in [0.25, 0.3) is 0 Å². The molecule has 1 rings (SSSR count). The second-order valence-electron chi connectivity index (χ2n) is 2.77. The van der Waals surface area contributed by atoms with Gasteiger partial charge in [0.15, 0.2) is 0 Å². The molecule has 0 spiro atoms. The molecular weight excluding hydrogens is 212 g/mol. The van der Waals surface area contributed by atoms with Crippen molar-refractivity contribution in [1.29, 1.82) is 0 Å². The number of rotatable bonds is 3. The van der Waals surface area contributed by atoms with E-state index in [1.54, 1.807) is 19.1 Å². The van der Waals surface area contributed by atoms with Crippen molar-refractivity contribution in [2.24, 2.45) is 0 Å². The smallest absolute Gasteiger partial charge is 0.465 e. The van der Waals surface area contributed by atoms with Crippen LogP contribution in [0.15, 0.2) is 24.3 Å². The Hall–Kier alpha value is -2.04. The van der Waals surface area contributed by atoms with Crippen LogP contribution in [0.3, 0.4) is 0 Å². The molecule has 5 nitrogen and oxygen atoms in total. The topological polar surface area (TPSA) is 61.8 Å². The van der Waals surface area contributed by atoms with Crippen LogP contribution in [0.5, 0.6) is 5.75 Å². The molecule has 0 saturated heterocycles. The molecule has 0 aliphatic heterocycles. The highest BCUT2D eigenvalue weighted by Gasteiger charge is 2.15. The van der Waals surface area contributed by atoms with Crippen LogP contribution in [0.25, 0.3) is 0 Å². The first kappa shape index (κ1) is 12.0. The van der Waals surface area contributed by atoms with Crippen LogP contribution in [-0.4, -0.2) is 25.8 Å². The van der Waals surface area contributed by atoms with Crippen molar-refractivity contribution in [3.05, 3.63) is 29.8 Å². The molecule has 0 aliphatic carbocycles. The molecule has 86 valence electrons. The minimum Gasteiger partial charge on any atom is -0.465 e. The van der Waals surface area contributed by atoms with Gasteiger partial charge in [-0.15, -0.1) is 0 Å². The van der Waals surface area contributed by atoms with Gasteiger partial charge >= 0.3 is 12.1 Å². The number of hydrogen-bond donors (Lipinski definition) is 0. The lowest BCUT2D eigenvalue weighted by atomic mass is 10.2. The van der Waals surface area contributed by atoms with Crippen molar-refractivity contribution in [1.82, 2.24) is 0 Å². The van der Waals surface area contributed by atoms with Crippen LogP contribution in [0, 0.1) is 0 Å². The minimum atomic E-state index is -0.848. The highest BCUT2D eigenvalue weighted by Crippen LogP contribution is 2.19. The summed E-state index contributed by atoms with van der Waals surface area (Å²) in [6.45, 7) is 1.87. The lowest BCUT2D eigenvalue weighted by Crippen LogP contribution is -2.13. The van der Waals surface area contributed by atoms with E-state index in [4.69, 9.17) is 4.74 Å². The van der Waals surface area contributed by atoms with Crippen molar-refractivity contribution >= 4 is 12.1 Å². The molecule has 0 saturated carbocycles. The van der Waals surface area contributed by atoms with Gasteiger partial charge in [0.05, 0.1) is 13.7 Å². The first-order chi connectivity index (χ1) is 7.69. The molecule has 0 unspecified atom stereocenters. The third-order valence-corrected chi connectivity index (χ3v) is 1.75. The second-order valence-corrected chi connectivity index (χ2v) is 2.77. The number of carbonyl (C=O) groups excluding carboxylic acids is 2. The molecule has 0 radical (unpaired) electrons. The Bertz CT molecular complexity index is 386. The van der Waals surface area contributed by atoms with E-state index in [0.29, 0.717) is 0 Å². The third-order valence-electron chi connectivity index (χ3n) is 1.75. The lowest BCUT2D eigenvalue weighted by Gasteiger charge is -2.07. The van der Waals surface area contributed by atoms with E-state index in [1.807, 2.05) is 0 Å². The Morgan fingerprint density at radius 3 is 2.56 bits per heavy atom. The van der Waals surface area contributed by atoms with Crippen LogP contribution >= 0.6 is 0 Å². The van der Waals surface area contributed by atoms with Gasteiger partial charge in [-0.3, -0.25) is 0 Å². The Morgan fingerprint density at radius 2 is 1.94 bits per heavy atom. The van der Waals surface area contributed by atoms with Gasteiger partial charge in [0, 0.05) is 0 Å². The molecule has 0 aliphatic rings. The van der Waals surface area contributed by atoms with E-state index in [0.717, 1.165) is 0 Å². The Balaban J connectivity index is 2.87. The number of hydrogen-bond acceptors (Lipinski definition) is 5. The van der Waals surface area contributed by atoms with Gasteiger partial charge in [0.1, 0.15) is 11.3 Å². The Kier molecular flexibility index (Phi) is 4.32. The normalized spacial score (nSPS) is 9.38. The van der Waals surface area contributed by atoms with Gasteiger partial charge in [0.2, 0.25) is 0 Å². The standard InChI is InChI=1S/C11H12O5/c1-3-15-11(13)16-9-7-5-4-6-8(9)10(12)14-2/h4-7H,3H2,1-2H3. The molecule has 0 fully saturated rings. The third kappa shape index (κ3) is 2.98. The van der Waals surface area contributed by atoms with Crippen molar-refractivity contribution in [2.75, 3.05) is 13.7 Å². The number of ether oxygens (including phenoxy) is 3. The number of para-hydroxylation sites is 1. The predicted octanol–water partition coefficient (Wildman–Crippen LogP) is 2.01. The van der Waals surface area contributed by atoms with E-state index in [2.05, 4.69) is 9.47 Å². The van der Waals surface area contributed by atoms with Crippen LogP contribution in [-0.2, 0) is 9.47 Å². The average Bonchev–Trinajstić information content (AvgIpc) is 2.29. The Morgan fingerprint density at radius 1 is 1.25 bits per heavy atom. The average molecular weight is 224 g/mol. The summed E-state index contributed by atoms with van der Waals surface area (Å²) in [4.78, 5) is 22.4. The highest BCUT2D eigenvalue weighted by molar-refractivity contribution is 5.93. The van der Waals surface area contributed by atoms with Crippen LogP contribution in [0.2, 0.25) is 0 Å². The maximum absolute atomic E-state index is 11.3. The molecule has 0 atom stereocenters. The summed E-state index contributed by atoms with van der Waals surface area (Å²) in [6.07, 6.45) is -0.848. The SMILES string of the molecule is CCOC(=O)Oc1ccccc1C(=O)OC. The number of esters is 1. The molecule has 0 amide bonds. The van der Waals surface area contributed by atoms with E-state index in [1.165, 1.54) is 19.2 Å². The zero-order valence-electron chi connectivity index (χ0n) is 9.06. The van der Waals surface area contributed by atoms with Gasteiger partial charge in [-0.25, -0.2) is 9.59 Å². The fraction of sp³-hybridized carbons (Fsp3) is 0.273. The molecule has 0 heterocycles. The van der Waals surface area contributed by atoms with Crippen molar-refractivity contribution in [2.45, 2.75) is 6.92 Å². The molecular formula is C11H12O5. The lowest BCUT2D eigenvalue weighted by molar-refractivity contribution is 0.0595. The van der Waals surface area contributed by atoms with Gasteiger partial charge in [-0.1, -0.05) is 12.1 Å². The summed E-state index contributed by atoms with van der Waals surface area (Å²) < 4.78 is 14.0. The van der Waals surface area contributed by atoms with Crippen LogP contribution in [0.4, 0.5) is 4.79 Å². The molecule has 1 aromatic carbocycles. The monoisotopic (exact) mass is 224 g/mol. The predicted molar refractivity (Wildman–Crippen MR) is 55.4 cm³/mol. The second kappa shape index (κ2) is 5.75. The largest absolute Gasteiger partial charge is 0.513 e. The summed E-state index contributed by atoms with van der Waals surface area (Å²) in [7, 11) is 1.25. The first-order valence-electron chi connectivity index (χ1n) is 4.71. The molecule has 0 bridgehead atoms. The molecule has 1 aromatic rings. The number of methoxy groups -OCH3 is 1. The number of benzene rings is 1. The van der Waals surface area contributed by atoms with E-state index < -0.39 is 12.1 Å². The molecule has 5 heteroatoms. The highest BCUT2D eigenvalue weighted by atomic mass is 16.7. The van der Waals surface area contributed by atoms with Gasteiger partial charge in [-0.05, 0) is 19.1 Å². The maximum atomic E-state index is 11.3. The fourth-order valence-electron chi connectivity index (χ4n) is 1.07. The molecule has 0 N–H and O–H groups in total. The van der Waals surface area contributed by atoms with Crippen LogP contribution < -0.4 is 4.74 Å². The van der Waals surface area contributed by atoms with Crippen molar-refractivity contribution in [3.63, 3.8) is 0 Å². The summed E-state index contributed by atoms with van der Waals surface area (Å²) in [6, 6.07) is 6.27. The van der Waals surface area contributed by atoms with Gasteiger partial charge in [-0.2, -0.15) is 0 Å². The van der Waals surface area contributed by atoms with E-state index in [-0.39, 0.29) is 17.9 Å². The zero-order valence-corrected chi connectivity index (χ0v) is 9.06. The van der Waals surface area contributed by atoms with Gasteiger partial charge < -0.3 is 14.2 Å². The summed E-state index contributed by atoms with van der Waals surface area (Å²) >= 11 is 0. The fourth-order valence-corrected chi connectivity index (χ4v) is 1.07. The molecule has 16 heavy (non-hydrogen) atoms. The summed E-state index contributed by atoms with van der Waals surface area (Å²) in [5.74, 6) is -0.451. The summed E-state index contributed by atoms with van der Waals surface area (Å²) in [5, 5.41) is 0. The molecule has 0 aromatic heterocycles. The maximum Gasteiger partial charge on any atom is 0.513 e. The van der Waals surface area contributed by atoms with E-state index >= 15 is 0 Å². The zero-order chi connectivity index (χ0) is 12.0. The van der Waals surface area contributed by atoms with Crippen molar-refractivity contribution in [3.8, 4) is 5.75 Å². The van der Waals surface area contributed by atoms with Crippen molar-refractivity contribution < 1.29 is 23.8 Å². The Labute approximate surface area is 92.9 Å². The first-order valence-corrected chi connectivity index (χ1v) is 4.71. The minimum absolute atomic E-state index is 0.118. The van der Waals surface area contributed by atoms with Crippen LogP contribution in [0.1, 0.15) is 17.3 Å².